The zero-order chi connectivity index (χ0) is 72.8. The Hall–Kier alpha value is -10.9. The molecule has 0 saturated heterocycles. The molecule has 0 unspecified atom stereocenters. The van der Waals surface area contributed by atoms with Crippen LogP contribution in [0.3, 0.4) is 0 Å². The predicted molar refractivity (Wildman–Crippen MR) is 370 cm³/mol. The first-order valence-corrected chi connectivity index (χ1v) is 29.9. The Kier molecular flexibility index (Phi) is 9.69. The fourth-order valence-electron chi connectivity index (χ4n) is 13.6. The summed E-state index contributed by atoms with van der Waals surface area (Å²) >= 11 is 0. The van der Waals surface area contributed by atoms with Crippen LogP contribution in [0.1, 0.15) is 56.7 Å². The Morgan fingerprint density at radius 2 is 1.11 bits per heavy atom. The molecule has 1 aliphatic heterocycles. The molecule has 17 aromatic rings. The molecule has 0 spiro atoms. The zero-order valence-corrected chi connectivity index (χ0v) is 51.8. The van der Waals surface area contributed by atoms with Gasteiger partial charge in [0.15, 0.2) is 0 Å². The standard InChI is InChI=1S/C84H57N5O2.Pt/c1-51-20-18-21-52(2)81(51)55-44-71-63-27-9-7-25-61(63)60-24-6-8-26-62(60)70-43-54(53-36-39-79-69(42-53)68-31-13-17-35-78(68)91-79)45-76-82(70)87(83(71)77(46-55)88-72-32-14-10-28-64(72)65-29-11-15-33-73(65)88)50-86(76)57-22-19-23-58(48-57)90-59-37-38-67-66-30-12-16-34-74(66)89(75(67)49-59)80-47-56(40-41-85-80)84(3,4)5;/h6-47H,1-5H3;/q-2;/i1D3,2D3,6D,7D,8D,9D,24D,25D,26D,27D;. The number of furan rings is 1. The van der Waals surface area contributed by atoms with Crippen LogP contribution < -0.4 is 9.30 Å². The Morgan fingerprint density at radius 1 is 0.500 bits per heavy atom. The maximum atomic E-state index is 10.4. The normalized spacial score (nSPS) is 14.6. The van der Waals surface area contributed by atoms with Crippen molar-refractivity contribution in [1.82, 2.24) is 18.7 Å². The van der Waals surface area contributed by atoms with E-state index in [0.29, 0.717) is 56.1 Å². The van der Waals surface area contributed by atoms with Gasteiger partial charge in [-0.2, -0.15) is 18.2 Å². The van der Waals surface area contributed by atoms with Crippen molar-refractivity contribution < 1.29 is 54.0 Å². The van der Waals surface area contributed by atoms with Gasteiger partial charge in [0.2, 0.25) is 0 Å². The summed E-state index contributed by atoms with van der Waals surface area (Å²) in [7, 11) is 0. The molecule has 0 aliphatic carbocycles. The number of hydrogen-bond donors (Lipinski definition) is 0. The average molecular weight is 1380 g/mol. The summed E-state index contributed by atoms with van der Waals surface area (Å²) in [5.74, 6) is 1.32. The van der Waals surface area contributed by atoms with E-state index in [2.05, 4.69) is 62.0 Å². The van der Waals surface area contributed by atoms with E-state index in [1.807, 2.05) is 150 Å². The minimum atomic E-state index is -2.93. The summed E-state index contributed by atoms with van der Waals surface area (Å²) in [4.78, 5) is 4.89. The Labute approximate surface area is 566 Å². The molecule has 1 aliphatic rings. The molecule has 0 fully saturated rings. The summed E-state index contributed by atoms with van der Waals surface area (Å²) < 4.78 is 155. The molecule has 5 aromatic heterocycles. The molecule has 18 rings (SSSR count). The van der Waals surface area contributed by atoms with Gasteiger partial charge in [-0.1, -0.05) is 178 Å². The third-order valence-corrected chi connectivity index (χ3v) is 17.7. The first-order chi connectivity index (χ1) is 50.3. The maximum Gasteiger partial charge on any atom is 0.268 e. The van der Waals surface area contributed by atoms with Crippen LogP contribution in [0, 0.1) is 32.2 Å². The molecule has 8 heteroatoms. The largest absolute Gasteiger partial charge is 0.510 e. The molecule has 92 heavy (non-hydrogen) atoms. The third kappa shape index (κ3) is 8.59. The van der Waals surface area contributed by atoms with Gasteiger partial charge in [-0.05, 0) is 169 Å². The second-order valence-electron chi connectivity index (χ2n) is 24.1. The van der Waals surface area contributed by atoms with Crippen LogP contribution in [-0.4, -0.2) is 18.7 Å². The number of hydrogen-bond acceptors (Lipinski definition) is 3. The van der Waals surface area contributed by atoms with Crippen LogP contribution in [0.15, 0.2) is 259 Å². The van der Waals surface area contributed by atoms with Crippen molar-refractivity contribution in [3.05, 3.63) is 290 Å². The fourth-order valence-corrected chi connectivity index (χ4v) is 13.6. The van der Waals surface area contributed by atoms with Crippen LogP contribution in [0.4, 0.5) is 0 Å². The average Bonchev–Trinajstić information content (AvgIpc) is 1.48. The molecule has 0 amide bonds. The number of rotatable bonds is 7. The van der Waals surface area contributed by atoms with E-state index in [9.17, 15) is 11.0 Å². The van der Waals surface area contributed by atoms with Crippen LogP contribution >= 0.6 is 0 Å². The van der Waals surface area contributed by atoms with Crippen molar-refractivity contribution in [1.29, 1.82) is 0 Å². The minimum Gasteiger partial charge on any atom is -0.510 e. The maximum absolute atomic E-state index is 10.4. The monoisotopic (exact) mass is 1380 g/mol. The smallest absolute Gasteiger partial charge is 0.268 e. The van der Waals surface area contributed by atoms with E-state index in [4.69, 9.17) is 22.4 Å². The number of para-hydroxylation sites is 4. The van der Waals surface area contributed by atoms with Crippen molar-refractivity contribution >= 4 is 76.6 Å². The molecule has 0 N–H and O–H groups in total. The first-order valence-electron chi connectivity index (χ1n) is 36.9. The van der Waals surface area contributed by atoms with Gasteiger partial charge < -0.3 is 22.9 Å². The van der Waals surface area contributed by atoms with Crippen molar-refractivity contribution in [3.63, 3.8) is 0 Å². The van der Waals surface area contributed by atoms with Crippen LogP contribution in [0.2, 0.25) is 0 Å². The SMILES string of the molecule is [2H]c1c([2H])c([2H])c2c(c1[2H])-c1cc(-c3c(C([2H])([2H])[2H])cccc3C([2H])([2H])[2H])cc(-n3c4ccccc4c4ccccc43)c1-[n+]1[c-]n(-c3[c-]c(Oc4[c-]c5c(cc4)c4ccccc4n5-c4cc(C(C)(C)C)ccn4)ccc3)c3cc(-c4ccc5oc6ccccc6c5c4)cc(c31)-c1c([2H])c([2H])c([2H])c([2H])c1-2.[Pt]. The van der Waals surface area contributed by atoms with E-state index in [1.165, 1.54) is 24.3 Å². The summed E-state index contributed by atoms with van der Waals surface area (Å²) in [5.41, 5.74) is 6.20. The van der Waals surface area contributed by atoms with Gasteiger partial charge in [0.05, 0.1) is 44.4 Å². The van der Waals surface area contributed by atoms with Gasteiger partial charge >= 0.3 is 0 Å². The molecular weight excluding hydrogens is 1310 g/mol. The van der Waals surface area contributed by atoms with Crippen molar-refractivity contribution in [2.45, 2.75) is 39.9 Å². The van der Waals surface area contributed by atoms with Gasteiger partial charge in [0.1, 0.15) is 17.0 Å². The van der Waals surface area contributed by atoms with E-state index < -0.39 is 62.0 Å². The van der Waals surface area contributed by atoms with E-state index in [-0.39, 0.29) is 105 Å². The summed E-state index contributed by atoms with van der Waals surface area (Å²) in [6.45, 7) is 0.621. The van der Waals surface area contributed by atoms with Gasteiger partial charge in [0, 0.05) is 74.0 Å². The second-order valence-corrected chi connectivity index (χ2v) is 24.1. The number of fused-ring (bicyclic) bond motifs is 16. The van der Waals surface area contributed by atoms with Gasteiger partial charge in [0.25, 0.3) is 6.33 Å². The van der Waals surface area contributed by atoms with E-state index in [1.54, 1.807) is 27.3 Å². The van der Waals surface area contributed by atoms with E-state index in [0.717, 1.165) is 48.9 Å². The fraction of sp³-hybridized carbons (Fsp3) is 0.0714. The topological polar surface area (TPSA) is 53.9 Å². The quantitative estimate of drug-likeness (QED) is 0.118. The summed E-state index contributed by atoms with van der Waals surface area (Å²) in [6, 6.07) is 63.3. The van der Waals surface area contributed by atoms with Gasteiger partial charge in [-0.3, -0.25) is 4.57 Å². The summed E-state index contributed by atoms with van der Waals surface area (Å²) in [6.07, 6.45) is 5.56. The number of imidazole rings is 1. The molecule has 0 bridgehead atoms. The van der Waals surface area contributed by atoms with Crippen LogP contribution in [-0.2, 0) is 26.5 Å². The first kappa shape index (κ1) is 42.2. The van der Waals surface area contributed by atoms with Crippen molar-refractivity contribution in [2.24, 2.45) is 0 Å². The molecule has 442 valence electrons. The molecular formula is C84H57N5O2Pt-2. The van der Waals surface area contributed by atoms with Crippen LogP contribution in [0.25, 0.3) is 155 Å². The Bertz CT molecular complexity index is 6570. The van der Waals surface area contributed by atoms with Crippen molar-refractivity contribution in [3.8, 4) is 90.0 Å². The predicted octanol–water partition coefficient (Wildman–Crippen LogP) is 21.1. The molecule has 0 atom stereocenters. The third-order valence-electron chi connectivity index (χ3n) is 17.7. The number of benzene rings is 12. The minimum absolute atomic E-state index is 0. The number of aryl methyl sites for hydroxylation is 2. The molecule has 6 heterocycles. The molecule has 7 nitrogen and oxygen atoms in total. The number of ether oxygens (including phenoxy) is 1. The number of nitrogens with zero attached hydrogens (tertiary/aromatic N) is 5. The molecule has 0 saturated carbocycles. The van der Waals surface area contributed by atoms with E-state index >= 15 is 0 Å². The zero-order valence-electron chi connectivity index (χ0n) is 63.5. The molecule has 12 aromatic carbocycles. The summed E-state index contributed by atoms with van der Waals surface area (Å²) in [5, 5.41) is 5.14. The van der Waals surface area contributed by atoms with Crippen molar-refractivity contribution in [2.75, 3.05) is 0 Å². The van der Waals surface area contributed by atoms with Crippen LogP contribution in [0.5, 0.6) is 11.5 Å². The van der Waals surface area contributed by atoms with Gasteiger partial charge in [-0.25, -0.2) is 4.98 Å². The Balaban J connectivity index is 0.00000827. The number of pyridine rings is 1. The van der Waals surface area contributed by atoms with Gasteiger partial charge in [-0.15, -0.1) is 29.7 Å². The Morgan fingerprint density at radius 3 is 1.82 bits per heavy atom. The number of aromatic nitrogens is 5. The molecule has 0 radical (unpaired) electrons. The second kappa shape index (κ2) is 21.1.